The molecule has 0 aromatic heterocycles. The maximum atomic E-state index is 11.7. The van der Waals surface area contributed by atoms with Gasteiger partial charge in [0.1, 0.15) is 5.60 Å². The molecule has 1 atom stereocenters. The molecule has 0 aliphatic carbocycles. The molecule has 1 aromatic carbocycles. The molecule has 1 heterocycles. The third kappa shape index (κ3) is 6.91. The van der Waals surface area contributed by atoms with Crippen molar-refractivity contribution in [3.63, 3.8) is 0 Å². The van der Waals surface area contributed by atoms with E-state index in [2.05, 4.69) is 22.8 Å². The maximum Gasteiger partial charge on any atom is 0.407 e. The highest BCUT2D eigenvalue weighted by molar-refractivity contribution is 5.67. The maximum absolute atomic E-state index is 11.7. The van der Waals surface area contributed by atoms with Gasteiger partial charge in [-0.15, -0.1) is 0 Å². The van der Waals surface area contributed by atoms with Crippen molar-refractivity contribution in [1.29, 1.82) is 0 Å². The van der Waals surface area contributed by atoms with Crippen molar-refractivity contribution in [3.8, 4) is 0 Å². The van der Waals surface area contributed by atoms with Crippen molar-refractivity contribution < 1.29 is 14.3 Å². The van der Waals surface area contributed by atoms with Gasteiger partial charge in [-0.05, 0) is 57.7 Å². The van der Waals surface area contributed by atoms with Crippen LogP contribution in [0.15, 0.2) is 24.3 Å². The second kappa shape index (κ2) is 8.20. The molecule has 1 fully saturated rings. The smallest absolute Gasteiger partial charge is 0.407 e. The summed E-state index contributed by atoms with van der Waals surface area (Å²) in [6, 6.07) is 8.58. The minimum absolute atomic E-state index is 0.392. The van der Waals surface area contributed by atoms with Gasteiger partial charge in [0.25, 0.3) is 0 Å². The molecule has 1 amide bonds. The first-order chi connectivity index (χ1) is 10.9. The van der Waals surface area contributed by atoms with Gasteiger partial charge in [0.15, 0.2) is 0 Å². The standard InChI is InChI=1S/C18H28N2O3/c1-18(2,3)23-17(21)19-13-14-6-4-7-16(12-14)20-15-8-5-10-22-11-9-15/h4,6-7,12,15,20H,5,8-11,13H2,1-3H3,(H,19,21). The van der Waals surface area contributed by atoms with Gasteiger partial charge in [0.05, 0.1) is 0 Å². The summed E-state index contributed by atoms with van der Waals surface area (Å²) in [5, 5.41) is 6.35. The average molecular weight is 320 g/mol. The Morgan fingerprint density at radius 1 is 1.30 bits per heavy atom. The molecule has 0 radical (unpaired) electrons. The number of benzene rings is 1. The summed E-state index contributed by atoms with van der Waals surface area (Å²) in [7, 11) is 0. The molecule has 1 aromatic rings. The lowest BCUT2D eigenvalue weighted by Crippen LogP contribution is -2.32. The summed E-state index contributed by atoms with van der Waals surface area (Å²) in [4.78, 5) is 11.7. The van der Waals surface area contributed by atoms with E-state index in [-0.39, 0.29) is 0 Å². The molecule has 1 saturated heterocycles. The summed E-state index contributed by atoms with van der Waals surface area (Å²) in [5.41, 5.74) is 1.65. The van der Waals surface area contributed by atoms with E-state index in [0.29, 0.717) is 12.6 Å². The fourth-order valence-corrected chi connectivity index (χ4v) is 2.54. The quantitative estimate of drug-likeness (QED) is 0.888. The number of amides is 1. The zero-order valence-corrected chi connectivity index (χ0v) is 14.4. The molecule has 2 N–H and O–H groups in total. The number of alkyl carbamates (subject to hydrolysis) is 1. The van der Waals surface area contributed by atoms with Crippen LogP contribution in [0.2, 0.25) is 0 Å². The van der Waals surface area contributed by atoms with Gasteiger partial charge in [-0.2, -0.15) is 0 Å². The Balaban J connectivity index is 1.85. The monoisotopic (exact) mass is 320 g/mol. The van der Waals surface area contributed by atoms with Crippen molar-refractivity contribution in [2.24, 2.45) is 0 Å². The number of ether oxygens (including phenoxy) is 2. The molecular weight excluding hydrogens is 292 g/mol. The molecule has 5 heteroatoms. The second-order valence-corrected chi connectivity index (χ2v) is 6.94. The molecule has 1 unspecified atom stereocenters. The predicted octanol–water partition coefficient (Wildman–Crippen LogP) is 3.69. The van der Waals surface area contributed by atoms with Crippen molar-refractivity contribution in [2.45, 2.75) is 58.2 Å². The van der Waals surface area contributed by atoms with Gasteiger partial charge in [-0.25, -0.2) is 4.79 Å². The third-order valence-electron chi connectivity index (χ3n) is 3.59. The zero-order valence-electron chi connectivity index (χ0n) is 14.4. The molecule has 1 aliphatic heterocycles. The van der Waals surface area contributed by atoms with Gasteiger partial charge in [-0.3, -0.25) is 0 Å². The number of anilines is 1. The van der Waals surface area contributed by atoms with Crippen LogP contribution in [0.5, 0.6) is 0 Å². The van der Waals surface area contributed by atoms with Crippen LogP contribution in [-0.2, 0) is 16.0 Å². The molecule has 2 rings (SSSR count). The Morgan fingerprint density at radius 2 is 2.13 bits per heavy atom. The van der Waals surface area contributed by atoms with E-state index in [9.17, 15) is 4.79 Å². The number of hydrogen-bond acceptors (Lipinski definition) is 4. The van der Waals surface area contributed by atoms with Gasteiger partial charge >= 0.3 is 6.09 Å². The molecule has 5 nitrogen and oxygen atoms in total. The lowest BCUT2D eigenvalue weighted by molar-refractivity contribution is 0.0523. The minimum atomic E-state index is -0.477. The van der Waals surface area contributed by atoms with Crippen molar-refractivity contribution in [1.82, 2.24) is 5.32 Å². The van der Waals surface area contributed by atoms with Crippen LogP contribution in [0.25, 0.3) is 0 Å². The summed E-state index contributed by atoms with van der Waals surface area (Å²) in [6.45, 7) is 7.70. The van der Waals surface area contributed by atoms with Crippen LogP contribution in [0.3, 0.4) is 0 Å². The van der Waals surface area contributed by atoms with Gasteiger partial charge in [0, 0.05) is 31.5 Å². The fourth-order valence-electron chi connectivity index (χ4n) is 2.54. The summed E-state index contributed by atoms with van der Waals surface area (Å²) >= 11 is 0. The lowest BCUT2D eigenvalue weighted by Gasteiger charge is -2.20. The SMILES string of the molecule is CC(C)(C)OC(=O)NCc1cccc(NC2CCCOCC2)c1. The van der Waals surface area contributed by atoms with E-state index in [4.69, 9.17) is 9.47 Å². The van der Waals surface area contributed by atoms with E-state index >= 15 is 0 Å². The van der Waals surface area contributed by atoms with E-state index in [0.717, 1.165) is 43.7 Å². The van der Waals surface area contributed by atoms with E-state index in [1.54, 1.807) is 0 Å². The Bertz CT molecular complexity index is 503. The highest BCUT2D eigenvalue weighted by Gasteiger charge is 2.16. The molecule has 1 aliphatic rings. The van der Waals surface area contributed by atoms with Crippen LogP contribution in [0, 0.1) is 0 Å². The molecule has 128 valence electrons. The normalized spacial score (nSPS) is 18.8. The molecule has 23 heavy (non-hydrogen) atoms. The first-order valence-electron chi connectivity index (χ1n) is 8.32. The minimum Gasteiger partial charge on any atom is -0.444 e. The van der Waals surface area contributed by atoms with Gasteiger partial charge < -0.3 is 20.1 Å². The third-order valence-corrected chi connectivity index (χ3v) is 3.59. The number of carbonyl (C=O) groups is 1. The first-order valence-corrected chi connectivity index (χ1v) is 8.32. The zero-order chi connectivity index (χ0) is 16.7. The van der Waals surface area contributed by atoms with Crippen molar-refractivity contribution in [3.05, 3.63) is 29.8 Å². The van der Waals surface area contributed by atoms with Crippen LogP contribution in [-0.4, -0.2) is 30.9 Å². The van der Waals surface area contributed by atoms with E-state index in [1.807, 2.05) is 32.9 Å². The summed E-state index contributed by atoms with van der Waals surface area (Å²) in [6.07, 6.45) is 2.86. The van der Waals surface area contributed by atoms with Gasteiger partial charge in [-0.1, -0.05) is 12.1 Å². The molecule has 0 bridgehead atoms. The van der Waals surface area contributed by atoms with Crippen molar-refractivity contribution in [2.75, 3.05) is 18.5 Å². The average Bonchev–Trinajstić information content (AvgIpc) is 2.72. The molecular formula is C18H28N2O3. The van der Waals surface area contributed by atoms with E-state index < -0.39 is 11.7 Å². The topological polar surface area (TPSA) is 59.6 Å². The number of nitrogens with one attached hydrogen (secondary N) is 2. The predicted molar refractivity (Wildman–Crippen MR) is 91.6 cm³/mol. The first kappa shape index (κ1) is 17.6. The highest BCUT2D eigenvalue weighted by atomic mass is 16.6. The van der Waals surface area contributed by atoms with Gasteiger partial charge in [0.2, 0.25) is 0 Å². The molecule has 0 spiro atoms. The number of rotatable bonds is 4. The number of carbonyl (C=O) groups excluding carboxylic acids is 1. The largest absolute Gasteiger partial charge is 0.444 e. The summed E-state index contributed by atoms with van der Waals surface area (Å²) in [5.74, 6) is 0. The second-order valence-electron chi connectivity index (χ2n) is 6.94. The number of hydrogen-bond donors (Lipinski definition) is 2. The Kier molecular flexibility index (Phi) is 6.28. The lowest BCUT2D eigenvalue weighted by atomic mass is 10.1. The molecule has 0 saturated carbocycles. The van der Waals surface area contributed by atoms with Crippen molar-refractivity contribution >= 4 is 11.8 Å². The van der Waals surface area contributed by atoms with E-state index in [1.165, 1.54) is 0 Å². The Morgan fingerprint density at radius 3 is 2.91 bits per heavy atom. The highest BCUT2D eigenvalue weighted by Crippen LogP contribution is 2.17. The Labute approximate surface area is 138 Å². The van der Waals surface area contributed by atoms with Crippen LogP contribution >= 0.6 is 0 Å². The Hall–Kier alpha value is -1.75. The summed E-state index contributed by atoms with van der Waals surface area (Å²) < 4.78 is 10.7. The van der Waals surface area contributed by atoms with Crippen LogP contribution in [0.4, 0.5) is 10.5 Å². The van der Waals surface area contributed by atoms with Crippen LogP contribution in [0.1, 0.15) is 45.6 Å². The fraction of sp³-hybridized carbons (Fsp3) is 0.611. The van der Waals surface area contributed by atoms with Crippen LogP contribution < -0.4 is 10.6 Å².